The standard InChI is InChI=1S/C42H48ClN3O7S/c1-42(2,3)53-41(48)44-33-20-22-45(27-33)40(47)39-26-37(52-35-16-10-29(11-17-35)28-8-14-32(43)15-9-28)21-23-46(39)54(49,50)38-19-13-30-24-36(18-12-31(30)25-38)51-34-6-4-5-7-34/h8-19,24-25,33-34,37,39H,4-7,20-23,26-27H2,1-3H3,(H,44,48)/t33-,37-,39-/m0/s1. The smallest absolute Gasteiger partial charge is 0.407 e. The van der Waals surface area contributed by atoms with Gasteiger partial charge in [-0.05, 0) is 130 Å². The lowest BCUT2D eigenvalue weighted by molar-refractivity contribution is -0.136. The van der Waals surface area contributed by atoms with E-state index in [0.29, 0.717) is 30.2 Å². The first-order chi connectivity index (χ1) is 25.8. The predicted molar refractivity (Wildman–Crippen MR) is 209 cm³/mol. The molecule has 286 valence electrons. The summed E-state index contributed by atoms with van der Waals surface area (Å²) in [5.74, 6) is 1.10. The average molecular weight is 774 g/mol. The van der Waals surface area contributed by atoms with Crippen molar-refractivity contribution < 1.29 is 32.2 Å². The fraction of sp³-hybridized carbons (Fsp3) is 0.429. The van der Waals surface area contributed by atoms with Crippen molar-refractivity contribution in [2.24, 2.45) is 0 Å². The molecule has 10 nitrogen and oxygen atoms in total. The minimum atomic E-state index is -4.09. The first-order valence-corrected chi connectivity index (χ1v) is 20.7. The number of likely N-dealkylation sites (tertiary alicyclic amines) is 1. The van der Waals surface area contributed by atoms with Crippen LogP contribution >= 0.6 is 11.6 Å². The van der Waals surface area contributed by atoms with Gasteiger partial charge in [0, 0.05) is 31.1 Å². The van der Waals surface area contributed by atoms with Gasteiger partial charge in [0.05, 0.1) is 17.0 Å². The van der Waals surface area contributed by atoms with E-state index in [-0.39, 0.29) is 42.5 Å². The summed E-state index contributed by atoms with van der Waals surface area (Å²) in [6, 6.07) is 24.8. The zero-order valence-corrected chi connectivity index (χ0v) is 32.6. The van der Waals surface area contributed by atoms with Crippen LogP contribution in [0.4, 0.5) is 4.79 Å². The Morgan fingerprint density at radius 3 is 2.09 bits per heavy atom. The van der Waals surface area contributed by atoms with Gasteiger partial charge in [-0.2, -0.15) is 4.31 Å². The molecule has 0 spiro atoms. The van der Waals surface area contributed by atoms with Crippen LogP contribution in [-0.4, -0.2) is 79.2 Å². The monoisotopic (exact) mass is 773 g/mol. The van der Waals surface area contributed by atoms with Crippen LogP contribution in [0.15, 0.2) is 89.8 Å². The molecular weight excluding hydrogens is 726 g/mol. The Morgan fingerprint density at radius 1 is 0.759 bits per heavy atom. The van der Waals surface area contributed by atoms with Gasteiger partial charge in [0.15, 0.2) is 0 Å². The Bertz CT molecular complexity index is 2080. The number of rotatable bonds is 9. The number of alkyl carbamates (subject to hydrolysis) is 1. The van der Waals surface area contributed by atoms with Crippen molar-refractivity contribution in [3.63, 3.8) is 0 Å². The zero-order valence-electron chi connectivity index (χ0n) is 31.0. The molecule has 0 unspecified atom stereocenters. The Labute approximate surface area is 322 Å². The molecule has 1 saturated carbocycles. The fourth-order valence-corrected chi connectivity index (χ4v) is 9.39. The number of hydrogen-bond acceptors (Lipinski definition) is 7. The SMILES string of the molecule is CC(C)(C)OC(=O)N[C@H]1CCN(C(=O)[C@@H]2C[C@@H](Oc3ccc(-c4ccc(Cl)cc4)cc3)CCN2S(=O)(=O)c2ccc3cc(OC4CCCC4)ccc3c2)C1. The van der Waals surface area contributed by atoms with Crippen molar-refractivity contribution in [2.75, 3.05) is 19.6 Å². The molecule has 12 heteroatoms. The number of benzene rings is 4. The maximum absolute atomic E-state index is 14.5. The Hall–Kier alpha value is -4.32. The highest BCUT2D eigenvalue weighted by Crippen LogP contribution is 2.34. The number of fused-ring (bicyclic) bond motifs is 1. The summed E-state index contributed by atoms with van der Waals surface area (Å²) >= 11 is 6.07. The highest BCUT2D eigenvalue weighted by molar-refractivity contribution is 7.89. The summed E-state index contributed by atoms with van der Waals surface area (Å²) in [5, 5.41) is 5.18. The highest BCUT2D eigenvalue weighted by atomic mass is 35.5. The molecule has 7 rings (SSSR count). The fourth-order valence-electron chi connectivity index (χ4n) is 7.62. The van der Waals surface area contributed by atoms with Gasteiger partial charge in [0.25, 0.3) is 0 Å². The van der Waals surface area contributed by atoms with Gasteiger partial charge in [-0.25, -0.2) is 13.2 Å². The maximum atomic E-state index is 14.5. The normalized spacial score (nSPS) is 21.3. The van der Waals surface area contributed by atoms with Crippen molar-refractivity contribution in [1.82, 2.24) is 14.5 Å². The molecule has 3 fully saturated rings. The third kappa shape index (κ3) is 8.96. The van der Waals surface area contributed by atoms with Gasteiger partial charge in [0.2, 0.25) is 15.9 Å². The number of ether oxygens (including phenoxy) is 3. The molecule has 2 heterocycles. The van der Waals surface area contributed by atoms with E-state index in [1.807, 2.05) is 66.7 Å². The molecule has 0 radical (unpaired) electrons. The second-order valence-corrected chi connectivity index (χ2v) is 17.9. The molecule has 0 aromatic heterocycles. The van der Waals surface area contributed by atoms with Crippen LogP contribution in [0.2, 0.25) is 5.02 Å². The summed E-state index contributed by atoms with van der Waals surface area (Å²) in [7, 11) is -4.09. The van der Waals surface area contributed by atoms with Gasteiger partial charge in [-0.1, -0.05) is 48.0 Å². The van der Waals surface area contributed by atoms with Crippen molar-refractivity contribution in [1.29, 1.82) is 0 Å². The van der Waals surface area contributed by atoms with Crippen LogP contribution in [0.25, 0.3) is 21.9 Å². The molecule has 54 heavy (non-hydrogen) atoms. The molecule has 2 amide bonds. The molecule has 3 atom stereocenters. The first-order valence-electron chi connectivity index (χ1n) is 18.8. The zero-order chi connectivity index (χ0) is 38.0. The molecule has 2 aliphatic heterocycles. The summed E-state index contributed by atoms with van der Waals surface area (Å²) < 4.78 is 48.3. The predicted octanol–water partition coefficient (Wildman–Crippen LogP) is 8.21. The van der Waals surface area contributed by atoms with Crippen LogP contribution in [0.5, 0.6) is 11.5 Å². The lowest BCUT2D eigenvalue weighted by atomic mass is 10.0. The van der Waals surface area contributed by atoms with Crippen LogP contribution < -0.4 is 14.8 Å². The molecule has 3 aliphatic rings. The minimum Gasteiger partial charge on any atom is -0.490 e. The number of amides is 2. The first kappa shape index (κ1) is 38.0. The van der Waals surface area contributed by atoms with Crippen LogP contribution in [0, 0.1) is 0 Å². The number of carbonyl (C=O) groups excluding carboxylic acids is 2. The molecular formula is C42H48ClN3O7S. The van der Waals surface area contributed by atoms with Gasteiger partial charge in [0.1, 0.15) is 29.2 Å². The van der Waals surface area contributed by atoms with E-state index in [4.69, 9.17) is 25.8 Å². The van der Waals surface area contributed by atoms with Gasteiger partial charge >= 0.3 is 6.09 Å². The third-order valence-corrected chi connectivity index (χ3v) is 12.5. The Morgan fingerprint density at radius 2 is 1.39 bits per heavy atom. The minimum absolute atomic E-state index is 0.103. The van der Waals surface area contributed by atoms with E-state index >= 15 is 0 Å². The van der Waals surface area contributed by atoms with Gasteiger partial charge in [-0.15, -0.1) is 0 Å². The molecule has 2 saturated heterocycles. The number of halogens is 1. The molecule has 4 aromatic rings. The number of carbonyl (C=O) groups is 2. The van der Waals surface area contributed by atoms with Gasteiger partial charge in [-0.3, -0.25) is 4.79 Å². The number of hydrogen-bond donors (Lipinski definition) is 1. The van der Waals surface area contributed by atoms with Crippen molar-refractivity contribution >= 4 is 44.4 Å². The van der Waals surface area contributed by atoms with Crippen LogP contribution in [-0.2, 0) is 19.6 Å². The van der Waals surface area contributed by atoms with E-state index < -0.39 is 33.9 Å². The largest absolute Gasteiger partial charge is 0.490 e. The number of nitrogens with one attached hydrogen (secondary N) is 1. The van der Waals surface area contributed by atoms with Gasteiger partial charge < -0.3 is 24.4 Å². The third-order valence-electron chi connectivity index (χ3n) is 10.3. The molecule has 0 bridgehead atoms. The average Bonchev–Trinajstić information content (AvgIpc) is 3.83. The summed E-state index contributed by atoms with van der Waals surface area (Å²) in [6.07, 6.45) is 4.81. The molecule has 1 N–H and O–H groups in total. The van der Waals surface area contributed by atoms with E-state index in [0.717, 1.165) is 40.5 Å². The van der Waals surface area contributed by atoms with E-state index in [1.54, 1.807) is 43.9 Å². The maximum Gasteiger partial charge on any atom is 0.407 e. The number of sulfonamides is 1. The number of piperidine rings is 1. The van der Waals surface area contributed by atoms with Crippen LogP contribution in [0.3, 0.4) is 0 Å². The second-order valence-electron chi connectivity index (χ2n) is 15.5. The lowest BCUT2D eigenvalue weighted by Crippen LogP contribution is -2.56. The second kappa shape index (κ2) is 15.8. The molecule has 4 aromatic carbocycles. The highest BCUT2D eigenvalue weighted by Gasteiger charge is 2.44. The van der Waals surface area contributed by atoms with Crippen LogP contribution in [0.1, 0.15) is 65.7 Å². The quantitative estimate of drug-likeness (QED) is 0.182. The lowest BCUT2D eigenvalue weighted by Gasteiger charge is -2.39. The molecule has 1 aliphatic carbocycles. The van der Waals surface area contributed by atoms with Crippen molar-refractivity contribution in [3.8, 4) is 22.6 Å². The summed E-state index contributed by atoms with van der Waals surface area (Å²) in [4.78, 5) is 28.6. The Kier molecular flexibility index (Phi) is 11.1. The van der Waals surface area contributed by atoms with Crippen molar-refractivity contribution in [3.05, 3.63) is 90.0 Å². The van der Waals surface area contributed by atoms with E-state index in [9.17, 15) is 18.0 Å². The summed E-state index contributed by atoms with van der Waals surface area (Å²) in [5.41, 5.74) is 1.37. The topological polar surface area (TPSA) is 114 Å². The van der Waals surface area contributed by atoms with Crippen molar-refractivity contribution in [2.45, 2.75) is 101 Å². The van der Waals surface area contributed by atoms with E-state index in [2.05, 4.69) is 5.32 Å². The van der Waals surface area contributed by atoms with E-state index in [1.165, 1.54) is 17.1 Å². The number of nitrogens with zero attached hydrogens (tertiary/aromatic N) is 2. The Balaban J connectivity index is 1.10. The summed E-state index contributed by atoms with van der Waals surface area (Å²) in [6.45, 7) is 6.11.